The van der Waals surface area contributed by atoms with E-state index in [4.69, 9.17) is 0 Å². The van der Waals surface area contributed by atoms with Crippen molar-refractivity contribution in [1.29, 1.82) is 0 Å². The van der Waals surface area contributed by atoms with Crippen LogP contribution in [0.15, 0.2) is 231 Å². The molecule has 3 heteroatoms. The molecule has 11 aromatic rings. The quantitative estimate of drug-likeness (QED) is 0.159. The van der Waals surface area contributed by atoms with E-state index in [1.807, 2.05) is 0 Å². The molecule has 0 atom stereocenters. The summed E-state index contributed by atoms with van der Waals surface area (Å²) in [5.74, 6) is 0. The van der Waals surface area contributed by atoms with E-state index in [0.29, 0.717) is 0 Å². The van der Waals surface area contributed by atoms with Gasteiger partial charge in [-0.05, 0) is 164 Å². The lowest BCUT2D eigenvalue weighted by Gasteiger charge is -2.47. The fraction of sp³-hybridized carbons (Fsp3) is 0.175. The summed E-state index contributed by atoms with van der Waals surface area (Å²) in [6.45, 7) is 21.4. The Bertz CT molecular complexity index is 4250. The smallest absolute Gasteiger partial charge is 0.252 e. The number of fused-ring (bicyclic) bond motifs is 24. The van der Waals surface area contributed by atoms with Crippen molar-refractivity contribution in [2.24, 2.45) is 0 Å². The Morgan fingerprint density at radius 2 is 0.554 bits per heavy atom. The molecule has 0 aromatic heterocycles. The largest absolute Gasteiger partial charge is 0.311 e. The highest BCUT2D eigenvalue weighted by Crippen LogP contribution is 2.68. The number of benzene rings is 11. The molecule has 0 saturated carbocycles. The maximum absolute atomic E-state index is 2.75. The number of anilines is 6. The van der Waals surface area contributed by atoms with Gasteiger partial charge in [-0.1, -0.05) is 256 Å². The second kappa shape index (κ2) is 16.4. The summed E-state index contributed by atoms with van der Waals surface area (Å²) in [4.78, 5) is 5.49. The van der Waals surface area contributed by atoms with Gasteiger partial charge in [0.2, 0.25) is 0 Å². The SMILES string of the molecule is CC(C)(C)c1ccc2c(c1)B1c3cc(C(C)(C)C)ccc3N(c3cccc4c3C3(c5ccccc5-c5ccccc53)c3ccccc3-4)c3cc(C(C)(C)C)cc(c31)N2c1cccc2c1C1(c3ccccc3-c3ccccc31)c1ccccc1-2. The summed E-state index contributed by atoms with van der Waals surface area (Å²) < 4.78 is 0. The molecule has 17 rings (SSSR count). The van der Waals surface area contributed by atoms with Crippen molar-refractivity contribution in [3.05, 3.63) is 292 Å². The van der Waals surface area contributed by atoms with Gasteiger partial charge in [0.1, 0.15) is 0 Å². The van der Waals surface area contributed by atoms with E-state index < -0.39 is 10.8 Å². The van der Waals surface area contributed by atoms with Gasteiger partial charge in [0.05, 0.1) is 22.2 Å². The third-order valence-electron chi connectivity index (χ3n) is 20.1. The summed E-state index contributed by atoms with van der Waals surface area (Å²) in [5, 5.41) is 0. The van der Waals surface area contributed by atoms with Gasteiger partial charge >= 0.3 is 0 Å². The minimum Gasteiger partial charge on any atom is -0.311 e. The molecule has 2 nitrogen and oxygen atoms in total. The molecule has 0 fully saturated rings. The fourth-order valence-electron chi connectivity index (χ4n) is 16.5. The van der Waals surface area contributed by atoms with Crippen LogP contribution < -0.4 is 26.2 Å². The first-order valence-electron chi connectivity index (χ1n) is 30.0. The highest BCUT2D eigenvalue weighted by Gasteiger charge is 2.57. The predicted molar refractivity (Wildman–Crippen MR) is 349 cm³/mol. The zero-order valence-electron chi connectivity index (χ0n) is 48.9. The van der Waals surface area contributed by atoms with Crippen LogP contribution in [0.1, 0.15) is 124 Å². The van der Waals surface area contributed by atoms with Gasteiger partial charge < -0.3 is 9.80 Å². The third kappa shape index (κ3) is 6.15. The van der Waals surface area contributed by atoms with Crippen molar-refractivity contribution in [2.45, 2.75) is 89.4 Å². The molecule has 2 spiro atoms. The van der Waals surface area contributed by atoms with Crippen LogP contribution in [-0.2, 0) is 27.1 Å². The van der Waals surface area contributed by atoms with Gasteiger partial charge in [-0.2, -0.15) is 0 Å². The average Bonchev–Trinajstić information content (AvgIpc) is 1.65. The van der Waals surface area contributed by atoms with Crippen LogP contribution >= 0.6 is 0 Å². The Morgan fingerprint density at radius 3 is 0.867 bits per heavy atom. The molecule has 0 radical (unpaired) electrons. The van der Waals surface area contributed by atoms with Crippen molar-refractivity contribution < 1.29 is 0 Å². The van der Waals surface area contributed by atoms with Crippen molar-refractivity contribution in [3.63, 3.8) is 0 Å². The molecule has 0 bridgehead atoms. The molecule has 4 aliphatic carbocycles. The van der Waals surface area contributed by atoms with Crippen LogP contribution in [0.25, 0.3) is 44.5 Å². The Hall–Kier alpha value is -8.92. The van der Waals surface area contributed by atoms with E-state index >= 15 is 0 Å². The fourth-order valence-corrected chi connectivity index (χ4v) is 16.5. The van der Waals surface area contributed by atoms with E-state index in [2.05, 4.69) is 303 Å². The normalized spacial score (nSPS) is 15.4. The summed E-state index contributed by atoms with van der Waals surface area (Å²) in [6, 6.07) is 90.3. The van der Waals surface area contributed by atoms with Crippen LogP contribution in [0.2, 0.25) is 0 Å². The third-order valence-corrected chi connectivity index (χ3v) is 20.1. The maximum Gasteiger partial charge on any atom is 0.252 e. The molecule has 2 heterocycles. The molecule has 0 unspecified atom stereocenters. The zero-order valence-corrected chi connectivity index (χ0v) is 48.9. The van der Waals surface area contributed by atoms with Crippen LogP contribution in [0, 0.1) is 0 Å². The number of hydrogen-bond donors (Lipinski definition) is 0. The second-order valence-corrected chi connectivity index (χ2v) is 27.5. The van der Waals surface area contributed by atoms with Gasteiger partial charge in [0.15, 0.2) is 0 Å². The highest BCUT2D eigenvalue weighted by atomic mass is 15.2. The van der Waals surface area contributed by atoms with E-state index in [0.717, 1.165) is 0 Å². The summed E-state index contributed by atoms with van der Waals surface area (Å²) in [6.07, 6.45) is 0. The molecule has 11 aromatic carbocycles. The van der Waals surface area contributed by atoms with Crippen LogP contribution in [-0.4, -0.2) is 6.71 Å². The molecule has 0 amide bonds. The highest BCUT2D eigenvalue weighted by molar-refractivity contribution is 7.00. The lowest BCUT2D eigenvalue weighted by atomic mass is 9.33. The lowest BCUT2D eigenvalue weighted by molar-refractivity contribution is 0.590. The Balaban J connectivity index is 1.03. The second-order valence-electron chi connectivity index (χ2n) is 27.5. The number of rotatable bonds is 2. The van der Waals surface area contributed by atoms with Gasteiger partial charge in [-0.25, -0.2) is 0 Å². The van der Waals surface area contributed by atoms with E-state index in [-0.39, 0.29) is 23.0 Å². The maximum atomic E-state index is 2.75. The molecular formula is C80H65BN2. The first-order chi connectivity index (χ1) is 40.1. The molecule has 83 heavy (non-hydrogen) atoms. The predicted octanol–water partition coefficient (Wildman–Crippen LogP) is 18.3. The molecule has 0 saturated heterocycles. The Kier molecular flexibility index (Phi) is 9.65. The van der Waals surface area contributed by atoms with Crippen LogP contribution in [0.3, 0.4) is 0 Å². The van der Waals surface area contributed by atoms with Crippen molar-refractivity contribution in [1.82, 2.24) is 0 Å². The van der Waals surface area contributed by atoms with Gasteiger partial charge in [0.25, 0.3) is 6.71 Å². The zero-order chi connectivity index (χ0) is 56.3. The standard InChI is InChI=1S/C80H65BN2/c1-76(2,3)48-40-42-67-65(44-48)81-66-45-49(77(4,5)6)41-43-68(66)83(70-39-23-31-58-56-29-15-21-37-64(56)80(74(58)70)61-34-18-12-26-53(61)54-27-13-19-35-62(54)80)72-47-50(78(7,8)9)46-71(75(72)81)82(67)69-38-22-30-57-55-28-14-20-36-63(55)79(73(57)69)59-32-16-10-24-51(59)52-25-11-17-33-60(52)79/h10-47H,1-9H3. The monoisotopic (exact) mass is 1060 g/mol. The van der Waals surface area contributed by atoms with Crippen molar-refractivity contribution in [3.8, 4) is 44.5 Å². The minimum absolute atomic E-state index is 0.0807. The number of hydrogen-bond acceptors (Lipinski definition) is 2. The molecule has 0 N–H and O–H groups in total. The van der Waals surface area contributed by atoms with E-state index in [1.54, 1.807) is 0 Å². The molecule has 2 aliphatic heterocycles. The number of nitrogens with zero attached hydrogens (tertiary/aromatic N) is 2. The van der Waals surface area contributed by atoms with Gasteiger partial charge in [-0.15, -0.1) is 0 Å². The average molecular weight is 1070 g/mol. The Morgan fingerprint density at radius 1 is 0.265 bits per heavy atom. The minimum atomic E-state index is -0.568. The van der Waals surface area contributed by atoms with Crippen LogP contribution in [0.4, 0.5) is 34.1 Å². The lowest BCUT2D eigenvalue weighted by Crippen LogP contribution is -2.62. The van der Waals surface area contributed by atoms with Gasteiger partial charge in [-0.3, -0.25) is 0 Å². The van der Waals surface area contributed by atoms with Gasteiger partial charge in [0, 0.05) is 33.9 Å². The van der Waals surface area contributed by atoms with Crippen molar-refractivity contribution in [2.75, 3.05) is 9.80 Å². The molecule has 6 aliphatic rings. The summed E-state index contributed by atoms with van der Waals surface area (Å²) in [5.41, 5.74) is 35.1. The first kappa shape index (κ1) is 48.8. The molecule has 398 valence electrons. The van der Waals surface area contributed by atoms with Crippen LogP contribution in [0.5, 0.6) is 0 Å². The van der Waals surface area contributed by atoms with Crippen molar-refractivity contribution >= 4 is 57.2 Å². The van der Waals surface area contributed by atoms with E-state index in [1.165, 1.54) is 156 Å². The molecular weight excluding hydrogens is 1000 g/mol. The summed E-state index contributed by atoms with van der Waals surface area (Å²) >= 11 is 0. The van der Waals surface area contributed by atoms with E-state index in [9.17, 15) is 0 Å². The topological polar surface area (TPSA) is 6.48 Å². The Labute approximate surface area is 489 Å². The first-order valence-corrected chi connectivity index (χ1v) is 30.0. The summed E-state index contributed by atoms with van der Waals surface area (Å²) in [7, 11) is 0.